The highest BCUT2D eigenvalue weighted by atomic mass is 35.5. The first-order valence-corrected chi connectivity index (χ1v) is 12.7. The van der Waals surface area contributed by atoms with E-state index in [1.807, 2.05) is 25.3 Å². The number of nitrogens with zero attached hydrogens (tertiary/aromatic N) is 7. The number of ether oxygens (including phenoxy) is 1. The fourth-order valence-corrected chi connectivity index (χ4v) is 4.60. The number of amides is 1. The number of rotatable bonds is 8. The second-order valence-corrected chi connectivity index (χ2v) is 9.29. The number of tetrazole rings is 1. The maximum atomic E-state index is 15.2. The lowest BCUT2D eigenvalue weighted by Gasteiger charge is -2.18. The molecule has 0 radical (unpaired) electrons. The van der Waals surface area contributed by atoms with Crippen LogP contribution in [-0.4, -0.2) is 43.2 Å². The molecule has 0 bridgehead atoms. The van der Waals surface area contributed by atoms with Crippen LogP contribution in [0.5, 0.6) is 0 Å². The molecular formula is C27H24ClFN8O3. The SMILES string of the molecule is CCCC(c1ccc(-c2c(-n3cnnn3)ccc(Cl)c2F)c[n+]1[O-])n1cc(-c2ccc(NC(=O)OC)cc2)cn1. The van der Waals surface area contributed by atoms with Crippen LogP contribution in [0.3, 0.4) is 0 Å². The minimum Gasteiger partial charge on any atom is -0.618 e. The van der Waals surface area contributed by atoms with Crippen molar-refractivity contribution < 1.29 is 18.7 Å². The standard InChI is InChI=1S/C27H24ClFN8O3/c1-3-4-22(35-14-19(13-31-35)17-5-8-20(9-6-17)32-27(38)40-2)23-11-7-18(15-37(23)39)25-24(36-16-30-33-34-36)12-10-21(28)26(25)29/h5-16,22H,3-4H2,1-2H3,(H,32,38). The van der Waals surface area contributed by atoms with Crippen molar-refractivity contribution in [3.05, 3.63) is 95.2 Å². The van der Waals surface area contributed by atoms with E-state index in [0.717, 1.165) is 22.3 Å². The number of anilines is 1. The number of carbonyl (C=O) groups excluding carboxylic acids is 1. The molecule has 2 aromatic carbocycles. The Hall–Kier alpha value is -4.84. The van der Waals surface area contributed by atoms with Crippen LogP contribution in [0, 0.1) is 11.0 Å². The smallest absolute Gasteiger partial charge is 0.411 e. The predicted octanol–water partition coefficient (Wildman–Crippen LogP) is 5.19. The molecule has 0 aliphatic carbocycles. The van der Waals surface area contributed by atoms with Crippen molar-refractivity contribution in [3.8, 4) is 27.9 Å². The second kappa shape index (κ2) is 11.5. The van der Waals surface area contributed by atoms with Crippen molar-refractivity contribution in [2.75, 3.05) is 12.4 Å². The van der Waals surface area contributed by atoms with Crippen molar-refractivity contribution >= 4 is 23.4 Å². The lowest BCUT2D eigenvalue weighted by molar-refractivity contribution is -0.615. The summed E-state index contributed by atoms with van der Waals surface area (Å²) in [6.07, 6.45) is 7.12. The van der Waals surface area contributed by atoms with E-state index in [4.69, 9.17) is 11.6 Å². The first-order valence-electron chi connectivity index (χ1n) is 12.3. The van der Waals surface area contributed by atoms with E-state index >= 15 is 4.39 Å². The largest absolute Gasteiger partial charge is 0.618 e. The van der Waals surface area contributed by atoms with Crippen LogP contribution < -0.4 is 10.0 Å². The van der Waals surface area contributed by atoms with E-state index < -0.39 is 11.9 Å². The van der Waals surface area contributed by atoms with Gasteiger partial charge in [0, 0.05) is 23.5 Å². The summed E-state index contributed by atoms with van der Waals surface area (Å²) in [6, 6.07) is 13.2. The van der Waals surface area contributed by atoms with Gasteiger partial charge in [-0.2, -0.15) is 14.5 Å². The minimum atomic E-state index is -0.683. The van der Waals surface area contributed by atoms with Gasteiger partial charge in [0.2, 0.25) is 5.69 Å². The zero-order valence-electron chi connectivity index (χ0n) is 21.5. The van der Waals surface area contributed by atoms with Crippen LogP contribution in [0.25, 0.3) is 27.9 Å². The first-order chi connectivity index (χ1) is 19.4. The summed E-state index contributed by atoms with van der Waals surface area (Å²) in [6.45, 7) is 2.02. The number of methoxy groups -OCH3 is 1. The molecule has 1 N–H and O–H groups in total. The molecule has 0 saturated carbocycles. The van der Waals surface area contributed by atoms with Gasteiger partial charge in [-0.1, -0.05) is 37.1 Å². The third kappa shape index (κ3) is 5.34. The maximum absolute atomic E-state index is 15.2. The van der Waals surface area contributed by atoms with Crippen LogP contribution in [0.2, 0.25) is 5.02 Å². The van der Waals surface area contributed by atoms with E-state index in [1.54, 1.807) is 41.2 Å². The Morgan fingerprint density at radius 3 is 2.60 bits per heavy atom. The molecule has 5 aromatic rings. The van der Waals surface area contributed by atoms with Gasteiger partial charge >= 0.3 is 6.09 Å². The number of nitrogens with one attached hydrogen (secondary N) is 1. The van der Waals surface area contributed by atoms with Crippen molar-refractivity contribution in [3.63, 3.8) is 0 Å². The van der Waals surface area contributed by atoms with Gasteiger partial charge in [0.1, 0.15) is 12.4 Å². The first kappa shape index (κ1) is 26.8. The normalized spacial score (nSPS) is 11.8. The van der Waals surface area contributed by atoms with Crippen LogP contribution in [0.1, 0.15) is 31.5 Å². The summed E-state index contributed by atoms with van der Waals surface area (Å²) in [5.41, 5.74) is 3.54. The Bertz CT molecular complexity index is 1640. The molecule has 1 unspecified atom stereocenters. The van der Waals surface area contributed by atoms with Gasteiger partial charge in [0.05, 0.1) is 35.1 Å². The molecule has 3 aromatic heterocycles. The Balaban J connectivity index is 1.47. The highest BCUT2D eigenvalue weighted by molar-refractivity contribution is 6.31. The summed E-state index contributed by atoms with van der Waals surface area (Å²) in [5, 5.41) is 31.5. The Morgan fingerprint density at radius 2 is 1.93 bits per heavy atom. The number of carbonyl (C=O) groups is 1. The third-order valence-corrected chi connectivity index (χ3v) is 6.67. The van der Waals surface area contributed by atoms with Gasteiger partial charge in [0.25, 0.3) is 0 Å². The third-order valence-electron chi connectivity index (χ3n) is 6.38. The predicted molar refractivity (Wildman–Crippen MR) is 145 cm³/mol. The molecule has 204 valence electrons. The Labute approximate surface area is 233 Å². The molecule has 11 nitrogen and oxygen atoms in total. The number of halogens is 2. The van der Waals surface area contributed by atoms with E-state index in [0.29, 0.717) is 29.1 Å². The van der Waals surface area contributed by atoms with Crippen LogP contribution >= 0.6 is 11.6 Å². The molecule has 40 heavy (non-hydrogen) atoms. The molecular weight excluding hydrogens is 539 g/mol. The summed E-state index contributed by atoms with van der Waals surface area (Å²) in [5.74, 6) is -0.683. The maximum Gasteiger partial charge on any atom is 0.411 e. The van der Waals surface area contributed by atoms with Gasteiger partial charge < -0.3 is 9.94 Å². The quantitative estimate of drug-likeness (QED) is 0.204. The molecule has 13 heteroatoms. The molecule has 1 amide bonds. The Morgan fingerprint density at radius 1 is 1.15 bits per heavy atom. The van der Waals surface area contributed by atoms with Crippen molar-refractivity contribution in [2.45, 2.75) is 25.8 Å². The van der Waals surface area contributed by atoms with Gasteiger partial charge in [-0.15, -0.1) is 5.10 Å². The summed E-state index contributed by atoms with van der Waals surface area (Å²) >= 11 is 6.07. The molecule has 1 atom stereocenters. The van der Waals surface area contributed by atoms with Gasteiger partial charge in [0.15, 0.2) is 12.0 Å². The summed E-state index contributed by atoms with van der Waals surface area (Å²) in [4.78, 5) is 11.4. The van der Waals surface area contributed by atoms with Crippen molar-refractivity contribution in [1.82, 2.24) is 30.0 Å². The fourth-order valence-electron chi connectivity index (χ4n) is 4.44. The summed E-state index contributed by atoms with van der Waals surface area (Å²) in [7, 11) is 1.30. The van der Waals surface area contributed by atoms with Crippen molar-refractivity contribution in [1.29, 1.82) is 0 Å². The lowest BCUT2D eigenvalue weighted by Crippen LogP contribution is -2.35. The monoisotopic (exact) mass is 562 g/mol. The number of hydrogen-bond donors (Lipinski definition) is 1. The number of pyridine rings is 1. The molecule has 0 spiro atoms. The van der Waals surface area contributed by atoms with Crippen molar-refractivity contribution in [2.24, 2.45) is 0 Å². The molecule has 0 fully saturated rings. The number of aromatic nitrogens is 7. The topological polar surface area (TPSA) is 127 Å². The highest BCUT2D eigenvalue weighted by Gasteiger charge is 2.25. The molecule has 0 aliphatic rings. The minimum absolute atomic E-state index is 0.0876. The zero-order valence-corrected chi connectivity index (χ0v) is 22.3. The van der Waals surface area contributed by atoms with E-state index in [-0.39, 0.29) is 16.6 Å². The zero-order chi connectivity index (χ0) is 28.2. The average molecular weight is 563 g/mol. The Kier molecular flexibility index (Phi) is 7.69. The number of hydrogen-bond acceptors (Lipinski definition) is 7. The van der Waals surface area contributed by atoms with Crippen LogP contribution in [0.4, 0.5) is 14.9 Å². The van der Waals surface area contributed by atoms with Crippen LogP contribution in [-0.2, 0) is 4.74 Å². The van der Waals surface area contributed by atoms with E-state index in [1.165, 1.54) is 30.4 Å². The van der Waals surface area contributed by atoms with E-state index in [9.17, 15) is 10.0 Å². The van der Waals surface area contributed by atoms with Gasteiger partial charge in [-0.3, -0.25) is 10.00 Å². The fraction of sp³-hybridized carbons (Fsp3) is 0.185. The van der Waals surface area contributed by atoms with Crippen LogP contribution in [0.15, 0.2) is 73.4 Å². The van der Waals surface area contributed by atoms with E-state index in [2.05, 4.69) is 30.7 Å². The van der Waals surface area contributed by atoms with Gasteiger partial charge in [-0.25, -0.2) is 9.18 Å². The lowest BCUT2D eigenvalue weighted by atomic mass is 10.0. The molecule has 0 aliphatic heterocycles. The molecule has 0 saturated heterocycles. The second-order valence-electron chi connectivity index (χ2n) is 8.89. The summed E-state index contributed by atoms with van der Waals surface area (Å²) < 4.78 is 23.6. The number of benzene rings is 2. The molecule has 5 rings (SSSR count). The van der Waals surface area contributed by atoms with Gasteiger partial charge in [-0.05, 0) is 52.7 Å². The average Bonchev–Trinajstić information content (AvgIpc) is 3.67. The highest BCUT2D eigenvalue weighted by Crippen LogP contribution is 2.34. The molecule has 3 heterocycles.